The van der Waals surface area contributed by atoms with Crippen molar-refractivity contribution in [1.82, 2.24) is 0 Å². The molecule has 28 heavy (non-hydrogen) atoms. The molecule has 142 valence electrons. The molecule has 2 amide bonds. The van der Waals surface area contributed by atoms with Crippen molar-refractivity contribution < 1.29 is 27.2 Å². The molecular formula is C20H12F4N2O2. The van der Waals surface area contributed by atoms with E-state index in [0.717, 1.165) is 24.3 Å². The van der Waals surface area contributed by atoms with Gasteiger partial charge in [-0.3, -0.25) is 9.59 Å². The Labute approximate surface area is 156 Å². The van der Waals surface area contributed by atoms with Crippen LogP contribution in [0, 0.1) is 23.3 Å². The predicted octanol–water partition coefficient (Wildman–Crippen LogP) is 4.75. The highest BCUT2D eigenvalue weighted by Crippen LogP contribution is 2.18. The number of nitrogens with one attached hydrogen (secondary N) is 2. The fourth-order valence-electron chi connectivity index (χ4n) is 2.36. The van der Waals surface area contributed by atoms with E-state index in [1.807, 2.05) is 0 Å². The molecule has 0 saturated heterocycles. The van der Waals surface area contributed by atoms with E-state index < -0.39 is 35.1 Å². The lowest BCUT2D eigenvalue weighted by Crippen LogP contribution is -2.16. The molecular weight excluding hydrogens is 376 g/mol. The Hall–Kier alpha value is -3.68. The Kier molecular flexibility index (Phi) is 5.39. The molecule has 0 unspecified atom stereocenters. The average molecular weight is 388 g/mol. The molecule has 0 atom stereocenters. The highest BCUT2D eigenvalue weighted by molar-refractivity contribution is 6.08. The first kappa shape index (κ1) is 19.1. The van der Waals surface area contributed by atoms with Gasteiger partial charge in [-0.15, -0.1) is 0 Å². The Morgan fingerprint density at radius 2 is 1.32 bits per heavy atom. The van der Waals surface area contributed by atoms with Gasteiger partial charge in [0.1, 0.15) is 11.6 Å². The van der Waals surface area contributed by atoms with Crippen LogP contribution in [0.25, 0.3) is 0 Å². The third-order valence-electron chi connectivity index (χ3n) is 3.74. The molecule has 3 aromatic rings. The van der Waals surface area contributed by atoms with Crippen molar-refractivity contribution in [2.24, 2.45) is 0 Å². The molecule has 3 rings (SSSR count). The van der Waals surface area contributed by atoms with Crippen molar-refractivity contribution in [2.45, 2.75) is 0 Å². The quantitative estimate of drug-likeness (QED) is 0.634. The maximum atomic E-state index is 13.7. The molecule has 0 saturated carbocycles. The summed E-state index contributed by atoms with van der Waals surface area (Å²) >= 11 is 0. The summed E-state index contributed by atoms with van der Waals surface area (Å²) in [6.45, 7) is 0. The molecule has 0 aliphatic rings. The fraction of sp³-hybridized carbons (Fsp3) is 0. The summed E-state index contributed by atoms with van der Waals surface area (Å²) in [5.41, 5.74) is -0.0752. The van der Waals surface area contributed by atoms with Gasteiger partial charge in [0, 0.05) is 28.9 Å². The second kappa shape index (κ2) is 7.91. The van der Waals surface area contributed by atoms with Crippen LogP contribution in [-0.2, 0) is 0 Å². The number of hydrogen-bond acceptors (Lipinski definition) is 2. The topological polar surface area (TPSA) is 58.2 Å². The van der Waals surface area contributed by atoms with Gasteiger partial charge in [0.25, 0.3) is 11.8 Å². The van der Waals surface area contributed by atoms with Crippen LogP contribution in [0.15, 0.2) is 60.7 Å². The lowest BCUT2D eigenvalue weighted by molar-refractivity contribution is 0.102. The monoisotopic (exact) mass is 388 g/mol. The minimum atomic E-state index is -1.12. The van der Waals surface area contributed by atoms with Crippen LogP contribution in [0.3, 0.4) is 0 Å². The van der Waals surface area contributed by atoms with E-state index >= 15 is 0 Å². The molecule has 8 heteroatoms. The van der Waals surface area contributed by atoms with Crippen molar-refractivity contribution in [2.75, 3.05) is 10.6 Å². The third-order valence-corrected chi connectivity index (χ3v) is 3.74. The fourth-order valence-corrected chi connectivity index (χ4v) is 2.36. The van der Waals surface area contributed by atoms with Crippen LogP contribution in [0.2, 0.25) is 0 Å². The van der Waals surface area contributed by atoms with Crippen molar-refractivity contribution >= 4 is 23.2 Å². The van der Waals surface area contributed by atoms with E-state index in [9.17, 15) is 27.2 Å². The molecule has 4 nitrogen and oxygen atoms in total. The Balaban J connectivity index is 1.76. The summed E-state index contributed by atoms with van der Waals surface area (Å²) in [6, 6.07) is 11.0. The number of anilines is 2. The van der Waals surface area contributed by atoms with E-state index in [2.05, 4.69) is 10.6 Å². The van der Waals surface area contributed by atoms with Gasteiger partial charge in [0.15, 0.2) is 11.6 Å². The van der Waals surface area contributed by atoms with Gasteiger partial charge < -0.3 is 10.6 Å². The number of carbonyl (C=O) groups is 2. The Morgan fingerprint density at radius 1 is 0.643 bits per heavy atom. The van der Waals surface area contributed by atoms with Crippen molar-refractivity contribution in [3.63, 3.8) is 0 Å². The third kappa shape index (κ3) is 4.35. The maximum Gasteiger partial charge on any atom is 0.255 e. The van der Waals surface area contributed by atoms with Crippen LogP contribution in [0.5, 0.6) is 0 Å². The summed E-state index contributed by atoms with van der Waals surface area (Å²) in [4.78, 5) is 24.5. The zero-order valence-electron chi connectivity index (χ0n) is 14.1. The summed E-state index contributed by atoms with van der Waals surface area (Å²) < 4.78 is 52.8. The Morgan fingerprint density at radius 3 is 1.96 bits per heavy atom. The largest absolute Gasteiger partial charge is 0.322 e. The molecule has 0 heterocycles. The molecule has 0 aliphatic heterocycles. The lowest BCUT2D eigenvalue weighted by atomic mass is 10.1. The van der Waals surface area contributed by atoms with Crippen LogP contribution < -0.4 is 10.6 Å². The van der Waals surface area contributed by atoms with E-state index in [1.165, 1.54) is 30.3 Å². The summed E-state index contributed by atoms with van der Waals surface area (Å²) in [5, 5.41) is 4.66. The second-order valence-electron chi connectivity index (χ2n) is 5.74. The van der Waals surface area contributed by atoms with Gasteiger partial charge in [-0.2, -0.15) is 0 Å². The number of halogens is 4. The number of benzene rings is 3. The summed E-state index contributed by atoms with van der Waals surface area (Å²) in [7, 11) is 0. The normalized spacial score (nSPS) is 10.4. The smallest absolute Gasteiger partial charge is 0.255 e. The summed E-state index contributed by atoms with van der Waals surface area (Å²) in [5.74, 6) is -5.27. The van der Waals surface area contributed by atoms with Gasteiger partial charge in [-0.25, -0.2) is 17.6 Å². The second-order valence-corrected chi connectivity index (χ2v) is 5.74. The van der Waals surface area contributed by atoms with Gasteiger partial charge >= 0.3 is 0 Å². The number of hydrogen-bond donors (Lipinski definition) is 2. The maximum absolute atomic E-state index is 13.7. The molecule has 0 fully saturated rings. The molecule has 0 aliphatic carbocycles. The lowest BCUT2D eigenvalue weighted by Gasteiger charge is -2.09. The van der Waals surface area contributed by atoms with Gasteiger partial charge in [0.05, 0.1) is 5.69 Å². The highest BCUT2D eigenvalue weighted by Gasteiger charge is 2.14. The molecule has 0 spiro atoms. The van der Waals surface area contributed by atoms with Crippen molar-refractivity contribution in [1.29, 1.82) is 0 Å². The molecule has 0 bridgehead atoms. The highest BCUT2D eigenvalue weighted by atomic mass is 19.2. The number of rotatable bonds is 4. The van der Waals surface area contributed by atoms with Gasteiger partial charge in [-0.1, -0.05) is 6.07 Å². The van der Waals surface area contributed by atoms with Crippen LogP contribution in [-0.4, -0.2) is 11.8 Å². The summed E-state index contributed by atoms with van der Waals surface area (Å²) in [6.07, 6.45) is 0. The number of carbonyl (C=O) groups excluding carboxylic acids is 2. The first-order chi connectivity index (χ1) is 13.3. The Bertz CT molecular complexity index is 1070. The molecule has 3 aromatic carbocycles. The van der Waals surface area contributed by atoms with Crippen LogP contribution >= 0.6 is 0 Å². The zero-order valence-corrected chi connectivity index (χ0v) is 14.1. The van der Waals surface area contributed by atoms with Gasteiger partial charge in [0.2, 0.25) is 0 Å². The van der Waals surface area contributed by atoms with E-state index in [0.29, 0.717) is 6.07 Å². The van der Waals surface area contributed by atoms with Crippen molar-refractivity contribution in [3.8, 4) is 0 Å². The SMILES string of the molecule is O=C(Nc1ccc(F)c(F)c1)c1cccc(C(=O)Nc2ccc(F)cc2F)c1. The van der Waals surface area contributed by atoms with Crippen LogP contribution in [0.1, 0.15) is 20.7 Å². The van der Waals surface area contributed by atoms with E-state index in [-0.39, 0.29) is 22.5 Å². The minimum absolute atomic E-state index is 0.0344. The van der Waals surface area contributed by atoms with E-state index in [1.54, 1.807) is 0 Å². The minimum Gasteiger partial charge on any atom is -0.322 e. The zero-order chi connectivity index (χ0) is 20.3. The number of amides is 2. The van der Waals surface area contributed by atoms with E-state index in [4.69, 9.17) is 0 Å². The van der Waals surface area contributed by atoms with Crippen molar-refractivity contribution in [3.05, 3.63) is 95.1 Å². The molecule has 0 aromatic heterocycles. The average Bonchev–Trinajstić information content (AvgIpc) is 2.67. The molecule has 0 radical (unpaired) electrons. The first-order valence-electron chi connectivity index (χ1n) is 7.96. The van der Waals surface area contributed by atoms with Crippen LogP contribution in [0.4, 0.5) is 28.9 Å². The molecule has 2 N–H and O–H groups in total. The van der Waals surface area contributed by atoms with Gasteiger partial charge in [-0.05, 0) is 42.5 Å². The predicted molar refractivity (Wildman–Crippen MR) is 95.1 cm³/mol. The standard InChI is InChI=1S/C20H12F4N2O2/c21-13-4-7-18(17(24)9-13)26-20(28)12-3-1-2-11(8-12)19(27)25-14-5-6-15(22)16(23)10-14/h1-10H,(H,25,27)(H,26,28). The first-order valence-corrected chi connectivity index (χ1v) is 7.96.